The first-order valence-electron chi connectivity index (χ1n) is 28.5. The third-order valence-electron chi connectivity index (χ3n) is 15.2. The predicted octanol–water partition coefficient (Wildman–Crippen LogP) is 3.48. The number of rotatable bonds is 26. The monoisotopic (exact) mass is 1200 g/mol. The molecular formula is C58H73F2N13O11S. The molecular weight excluding hydrogens is 1120 g/mol. The number of nitrogens with two attached hydrogens (primary N) is 1. The molecule has 85 heavy (non-hydrogen) atoms. The molecule has 0 radical (unpaired) electrons. The number of nitrogens with one attached hydrogen (secondary N) is 3. The van der Waals surface area contributed by atoms with Crippen molar-refractivity contribution in [3.63, 3.8) is 0 Å². The first-order valence-corrected chi connectivity index (χ1v) is 29.5. The van der Waals surface area contributed by atoms with Gasteiger partial charge in [0.15, 0.2) is 11.6 Å². The van der Waals surface area contributed by atoms with E-state index in [4.69, 9.17) is 34.4 Å². The van der Waals surface area contributed by atoms with Crippen LogP contribution in [0.3, 0.4) is 0 Å². The molecule has 2 aromatic carbocycles. The molecule has 0 aliphatic carbocycles. The Balaban J connectivity index is 0.681. The highest BCUT2D eigenvalue weighted by atomic mass is 32.2. The Morgan fingerprint density at radius 1 is 0.918 bits per heavy atom. The Hall–Kier alpha value is -7.48. The second-order valence-corrected chi connectivity index (χ2v) is 22.0. The number of ether oxygens (including phenoxy) is 5. The maximum atomic E-state index is 14.5. The topological polar surface area (TPSA) is 300 Å². The van der Waals surface area contributed by atoms with Crippen molar-refractivity contribution in [1.29, 1.82) is 5.26 Å². The van der Waals surface area contributed by atoms with Gasteiger partial charge in [-0.15, -0.1) is 11.8 Å². The number of aliphatic imine (C=N–C) groups is 1. The van der Waals surface area contributed by atoms with Gasteiger partial charge < -0.3 is 60.1 Å². The molecule has 456 valence electrons. The maximum absolute atomic E-state index is 14.5. The largest absolute Gasteiger partial charge is 0.467 e. The number of hydrogen-bond acceptors (Lipinski definition) is 19. The van der Waals surface area contributed by atoms with E-state index in [-0.39, 0.29) is 141 Å². The van der Waals surface area contributed by atoms with Crippen molar-refractivity contribution < 1.29 is 61.2 Å². The molecule has 0 saturated carbocycles. The van der Waals surface area contributed by atoms with Crippen LogP contribution in [0.25, 0.3) is 11.3 Å². The van der Waals surface area contributed by atoms with Crippen LogP contribution in [0.15, 0.2) is 53.7 Å². The predicted molar refractivity (Wildman–Crippen MR) is 308 cm³/mol. The van der Waals surface area contributed by atoms with Crippen LogP contribution < -0.4 is 26.4 Å². The number of carbonyl (C=O) groups is 6. The summed E-state index contributed by atoms with van der Waals surface area (Å²) in [5.74, 6) is -2.35. The van der Waals surface area contributed by atoms with Gasteiger partial charge in [-0.2, -0.15) is 10.4 Å². The van der Waals surface area contributed by atoms with Crippen molar-refractivity contribution >= 4 is 57.9 Å². The number of Topliss-reactive ketones (excluding diaryl/α,β-unsaturated/α-hetero) is 1. The van der Waals surface area contributed by atoms with E-state index in [9.17, 15) is 42.8 Å². The number of ketones is 1. The first-order chi connectivity index (χ1) is 41.0. The second kappa shape index (κ2) is 30.6. The molecule has 5 atom stereocenters. The summed E-state index contributed by atoms with van der Waals surface area (Å²) >= 11 is 1.45. The van der Waals surface area contributed by atoms with Gasteiger partial charge in [-0.3, -0.25) is 38.4 Å². The first kappa shape index (κ1) is 63.5. The lowest BCUT2D eigenvalue weighted by atomic mass is 9.88. The van der Waals surface area contributed by atoms with Crippen LogP contribution in [-0.2, 0) is 51.2 Å². The van der Waals surface area contributed by atoms with Crippen molar-refractivity contribution in [3.8, 4) is 23.2 Å². The third kappa shape index (κ3) is 16.5. The number of hydrogen-bond donors (Lipinski definition) is 4. The number of fused-ring (bicyclic) bond motifs is 5. The van der Waals surface area contributed by atoms with Crippen LogP contribution >= 0.6 is 11.8 Å². The van der Waals surface area contributed by atoms with E-state index < -0.39 is 41.8 Å². The number of amides is 5. The number of likely N-dealkylation sites (tertiary alicyclic amines) is 2. The summed E-state index contributed by atoms with van der Waals surface area (Å²) in [6.45, 7) is 6.95. The van der Waals surface area contributed by atoms with Crippen molar-refractivity contribution in [3.05, 3.63) is 88.4 Å². The number of nitrogens with zero attached hydrogens (tertiary/aromatic N) is 9. The zero-order chi connectivity index (χ0) is 60.6. The van der Waals surface area contributed by atoms with Crippen molar-refractivity contribution in [2.75, 3.05) is 105 Å². The highest BCUT2D eigenvalue weighted by Crippen LogP contribution is 2.35. The number of piperidine rings is 1. The fourth-order valence-electron chi connectivity index (χ4n) is 10.4. The van der Waals surface area contributed by atoms with E-state index in [0.29, 0.717) is 86.3 Å². The molecule has 24 nitrogen and oxygen atoms in total. The fourth-order valence-corrected chi connectivity index (χ4v) is 11.6. The van der Waals surface area contributed by atoms with E-state index in [2.05, 4.69) is 37.1 Å². The van der Waals surface area contributed by atoms with E-state index in [0.717, 1.165) is 6.42 Å². The van der Waals surface area contributed by atoms with Gasteiger partial charge >= 0.3 is 0 Å². The van der Waals surface area contributed by atoms with Gasteiger partial charge in [0.05, 0.1) is 113 Å². The number of thioether (sulfide) groups is 1. The second-order valence-electron chi connectivity index (χ2n) is 21.0. The van der Waals surface area contributed by atoms with Crippen LogP contribution in [0.1, 0.15) is 96.1 Å². The molecule has 2 saturated heterocycles. The Bertz CT molecular complexity index is 3100. The lowest BCUT2D eigenvalue weighted by Gasteiger charge is -2.38. The molecule has 27 heteroatoms. The molecule has 1 unspecified atom stereocenters. The highest BCUT2D eigenvalue weighted by Gasteiger charge is 2.43. The molecule has 4 aliphatic rings. The number of carbonyl (C=O) groups excluding carboxylic acids is 6. The van der Waals surface area contributed by atoms with Crippen molar-refractivity contribution in [1.82, 2.24) is 50.4 Å². The molecule has 6 heterocycles. The summed E-state index contributed by atoms with van der Waals surface area (Å²) in [4.78, 5) is 99.0. The van der Waals surface area contributed by atoms with Crippen LogP contribution in [0.5, 0.6) is 5.88 Å². The van der Waals surface area contributed by atoms with Crippen LogP contribution in [0.4, 0.5) is 14.6 Å². The average molecular weight is 1200 g/mol. The molecule has 2 fully saturated rings. The van der Waals surface area contributed by atoms with Gasteiger partial charge in [0.1, 0.15) is 41.6 Å². The van der Waals surface area contributed by atoms with E-state index in [1.54, 1.807) is 37.7 Å². The molecule has 4 aliphatic heterocycles. The molecule has 2 bridgehead atoms. The number of halogens is 2. The standard InChI is InChI=1S/C58H73F2N13O11S/c1-35(63-3)54(77)68-51(58(79)72-18-5-6-46(72)56-67-45(34-85-56)52(76)38-7-9-39(59)10-8-38)37-13-19-71(20-14-37)49(75)16-23-81-25-27-83-29-28-82-26-24-80-22-15-48(74)64-17-21-73-47(31-61)50-43-32-65-53(62)55(66-43)84-36(2)42-30-40(60)11-12-41(42)57(78)70(4)33-44(50)69-73/h7-12,30,32,35-37,45-46,51,63H,5-6,13-29,33-34H2,1-4H3,(H2,62,65)(H,64,74)(H,68,77)/t35-,36+,45?,46-,51-/m0/s1. The molecule has 5 amide bonds. The molecule has 5 N–H and O–H groups in total. The Morgan fingerprint density at radius 3 is 2.27 bits per heavy atom. The fraction of sp³-hybridized carbons (Fsp3) is 0.534. The minimum atomic E-state index is -0.839. The highest BCUT2D eigenvalue weighted by molar-refractivity contribution is 8.14. The van der Waals surface area contributed by atoms with Gasteiger partial charge in [0, 0.05) is 62.1 Å². The average Bonchev–Trinajstić information content (AvgIpc) is 2.74. The van der Waals surface area contributed by atoms with Crippen LogP contribution in [-0.4, -0.2) is 198 Å². The molecule has 4 aromatic rings. The normalized spacial score (nSPS) is 18.7. The van der Waals surface area contributed by atoms with Gasteiger partial charge in [-0.1, -0.05) is 0 Å². The summed E-state index contributed by atoms with van der Waals surface area (Å²) in [7, 11) is 3.24. The summed E-state index contributed by atoms with van der Waals surface area (Å²) in [5.41, 5.74) is 7.98. The summed E-state index contributed by atoms with van der Waals surface area (Å²) in [5, 5.41) is 24.5. The van der Waals surface area contributed by atoms with Gasteiger partial charge in [0.25, 0.3) is 11.8 Å². The maximum Gasteiger partial charge on any atom is 0.258 e. The lowest BCUT2D eigenvalue weighted by molar-refractivity contribution is -0.140. The summed E-state index contributed by atoms with van der Waals surface area (Å²) < 4.78 is 57.8. The van der Waals surface area contributed by atoms with Gasteiger partial charge in [-0.25, -0.2) is 18.7 Å². The lowest BCUT2D eigenvalue weighted by Crippen LogP contribution is -2.58. The number of likely N-dealkylation sites (N-methyl/N-ethyl adjacent to an activating group) is 1. The number of nitriles is 1. The van der Waals surface area contributed by atoms with Crippen LogP contribution in [0, 0.1) is 28.9 Å². The summed E-state index contributed by atoms with van der Waals surface area (Å²) in [6.07, 6.45) is 3.24. The van der Waals surface area contributed by atoms with E-state index >= 15 is 0 Å². The minimum absolute atomic E-state index is 0.0389. The van der Waals surface area contributed by atoms with E-state index in [1.807, 2.05) is 0 Å². The van der Waals surface area contributed by atoms with Gasteiger partial charge in [-0.05, 0) is 95.0 Å². The third-order valence-corrected chi connectivity index (χ3v) is 16.4. The minimum Gasteiger partial charge on any atom is -0.467 e. The SMILES string of the molecule is CN[C@@H](C)C(=O)N[C@H](C(=O)N1CCC[C@H]1C1=NC(C(=O)c2ccc(F)cc2)CS1)C1CCN(C(=O)CCOCCOCCOCCOCCC(=O)NCCn2nc3c(c2C#N)-c2cnc(N)c(n2)O[C@H](C)c2cc(F)ccc2C(=O)N(C)C3)CC1. The Morgan fingerprint density at radius 2 is 1.59 bits per heavy atom. The van der Waals surface area contributed by atoms with Crippen LogP contribution in [0.2, 0.25) is 0 Å². The zero-order valence-corrected chi connectivity index (χ0v) is 49.0. The van der Waals surface area contributed by atoms with Gasteiger partial charge in [0.2, 0.25) is 23.6 Å². The molecule has 8 rings (SSSR count). The zero-order valence-electron chi connectivity index (χ0n) is 48.2. The number of benzene rings is 2. The Kier molecular flexibility index (Phi) is 22.8. The van der Waals surface area contributed by atoms with E-state index in [1.165, 1.54) is 70.0 Å². The quantitative estimate of drug-likeness (QED) is 0.0517. The molecule has 2 aromatic heterocycles. The number of nitrogen functional groups attached to an aromatic ring is 1. The number of anilines is 1. The summed E-state index contributed by atoms with van der Waals surface area (Å²) in [6, 6.07) is 9.07. The van der Waals surface area contributed by atoms with Crippen molar-refractivity contribution in [2.24, 2.45) is 10.9 Å². The number of aromatic nitrogens is 4. The smallest absolute Gasteiger partial charge is 0.258 e. The molecule has 0 spiro atoms. The Labute approximate surface area is 495 Å². The van der Waals surface area contributed by atoms with Crippen molar-refractivity contribution in [2.45, 2.75) is 95.7 Å².